The molecule has 0 aliphatic rings. The molecule has 26 heavy (non-hydrogen) atoms. The third kappa shape index (κ3) is 4.39. The van der Waals surface area contributed by atoms with Crippen molar-refractivity contribution in [1.29, 1.82) is 0 Å². The number of rotatable bonds is 6. The molecule has 0 aromatic heterocycles. The molecule has 6 nitrogen and oxygen atoms in total. The van der Waals surface area contributed by atoms with Crippen molar-refractivity contribution in [3.8, 4) is 17.2 Å². The van der Waals surface area contributed by atoms with Crippen molar-refractivity contribution in [3.63, 3.8) is 0 Å². The van der Waals surface area contributed by atoms with Gasteiger partial charge in [-0.15, -0.1) is 0 Å². The summed E-state index contributed by atoms with van der Waals surface area (Å²) < 4.78 is 15.7. The molecule has 0 radical (unpaired) electrons. The molecule has 0 aliphatic heterocycles. The Morgan fingerprint density at radius 1 is 1.00 bits per heavy atom. The molecule has 0 unspecified atom stereocenters. The lowest BCUT2D eigenvalue weighted by Gasteiger charge is -2.13. The van der Waals surface area contributed by atoms with Crippen molar-refractivity contribution in [2.24, 2.45) is 5.10 Å². The van der Waals surface area contributed by atoms with Gasteiger partial charge in [-0.3, -0.25) is 4.79 Å². The normalized spacial score (nSPS) is 11.1. The van der Waals surface area contributed by atoms with Gasteiger partial charge in [0.1, 0.15) is 0 Å². The van der Waals surface area contributed by atoms with E-state index in [0.717, 1.165) is 0 Å². The second-order valence-electron chi connectivity index (χ2n) is 5.18. The summed E-state index contributed by atoms with van der Waals surface area (Å²) in [7, 11) is 4.44. The highest BCUT2D eigenvalue weighted by atomic mass is 35.5. The lowest BCUT2D eigenvalue weighted by molar-refractivity contribution is 0.0954. The first-order valence-corrected chi connectivity index (χ1v) is 8.27. The molecule has 8 heteroatoms. The Balaban J connectivity index is 2.28. The molecule has 0 saturated heterocycles. The van der Waals surface area contributed by atoms with E-state index in [1.807, 2.05) is 0 Å². The fourth-order valence-corrected chi connectivity index (χ4v) is 2.67. The Morgan fingerprint density at radius 2 is 1.62 bits per heavy atom. The number of nitrogens with zero attached hydrogens (tertiary/aromatic N) is 1. The van der Waals surface area contributed by atoms with Crippen molar-refractivity contribution in [1.82, 2.24) is 5.43 Å². The van der Waals surface area contributed by atoms with E-state index in [1.165, 1.54) is 33.5 Å². The number of amides is 1. The number of hydrazone groups is 1. The number of carbonyl (C=O) groups excluding carboxylic acids is 1. The van der Waals surface area contributed by atoms with E-state index in [0.29, 0.717) is 44.1 Å². The van der Waals surface area contributed by atoms with Crippen LogP contribution in [0.3, 0.4) is 0 Å². The number of nitrogens with one attached hydrogen (secondary N) is 1. The SMILES string of the molecule is COc1cc(C(=O)NN=C(C)c2cc(Cl)ccc2Cl)cc(OC)c1OC. The zero-order chi connectivity index (χ0) is 19.3. The summed E-state index contributed by atoms with van der Waals surface area (Å²) >= 11 is 12.1. The maximum atomic E-state index is 12.4. The van der Waals surface area contributed by atoms with Crippen molar-refractivity contribution in [2.75, 3.05) is 21.3 Å². The van der Waals surface area contributed by atoms with Crippen LogP contribution in [0.5, 0.6) is 17.2 Å². The number of hydrogen-bond acceptors (Lipinski definition) is 5. The van der Waals surface area contributed by atoms with Crippen LogP contribution >= 0.6 is 23.2 Å². The average molecular weight is 397 g/mol. The van der Waals surface area contributed by atoms with E-state index in [1.54, 1.807) is 25.1 Å². The van der Waals surface area contributed by atoms with Crippen LogP contribution in [-0.2, 0) is 0 Å². The van der Waals surface area contributed by atoms with Crippen molar-refractivity contribution >= 4 is 34.8 Å². The minimum atomic E-state index is -0.443. The number of carbonyl (C=O) groups is 1. The lowest BCUT2D eigenvalue weighted by atomic mass is 10.1. The summed E-state index contributed by atoms with van der Waals surface area (Å²) in [5.41, 5.74) is 3.92. The summed E-state index contributed by atoms with van der Waals surface area (Å²) in [6, 6.07) is 8.09. The molecule has 0 saturated carbocycles. The first kappa shape index (κ1) is 19.9. The van der Waals surface area contributed by atoms with E-state index in [-0.39, 0.29) is 0 Å². The highest BCUT2D eigenvalue weighted by molar-refractivity contribution is 6.36. The molecular weight excluding hydrogens is 379 g/mol. The Morgan fingerprint density at radius 3 is 2.15 bits per heavy atom. The van der Waals surface area contributed by atoms with Crippen LogP contribution in [0, 0.1) is 0 Å². The third-order valence-electron chi connectivity index (χ3n) is 3.57. The number of benzene rings is 2. The van der Waals surface area contributed by atoms with Crippen molar-refractivity contribution < 1.29 is 19.0 Å². The van der Waals surface area contributed by atoms with Gasteiger partial charge in [-0.05, 0) is 37.3 Å². The number of ether oxygens (including phenoxy) is 3. The zero-order valence-corrected chi connectivity index (χ0v) is 16.2. The minimum absolute atomic E-state index is 0.299. The molecular formula is C18H18Cl2N2O4. The molecule has 0 aliphatic carbocycles. The van der Waals surface area contributed by atoms with Crippen LogP contribution in [0.25, 0.3) is 0 Å². The van der Waals surface area contributed by atoms with E-state index >= 15 is 0 Å². The maximum Gasteiger partial charge on any atom is 0.271 e. The topological polar surface area (TPSA) is 69.2 Å². The van der Waals surface area contributed by atoms with Crippen LogP contribution in [0.4, 0.5) is 0 Å². The predicted octanol–water partition coefficient (Wildman–Crippen LogP) is 4.17. The van der Waals surface area contributed by atoms with Gasteiger partial charge in [0.15, 0.2) is 11.5 Å². The molecule has 2 aromatic carbocycles. The number of methoxy groups -OCH3 is 3. The average Bonchev–Trinajstić information content (AvgIpc) is 2.66. The monoisotopic (exact) mass is 396 g/mol. The molecule has 2 aromatic rings. The molecule has 0 bridgehead atoms. The van der Waals surface area contributed by atoms with Gasteiger partial charge in [0.25, 0.3) is 5.91 Å². The van der Waals surface area contributed by atoms with E-state index < -0.39 is 5.91 Å². The van der Waals surface area contributed by atoms with Gasteiger partial charge in [0.05, 0.1) is 27.0 Å². The van der Waals surface area contributed by atoms with Gasteiger partial charge in [-0.2, -0.15) is 5.10 Å². The Kier molecular flexibility index (Phi) is 6.71. The molecule has 138 valence electrons. The van der Waals surface area contributed by atoms with Crippen LogP contribution in [-0.4, -0.2) is 32.9 Å². The largest absolute Gasteiger partial charge is 0.493 e. The van der Waals surface area contributed by atoms with Crippen LogP contribution in [0.2, 0.25) is 10.0 Å². The minimum Gasteiger partial charge on any atom is -0.493 e. The Labute approximate surface area is 161 Å². The van der Waals surface area contributed by atoms with Crippen molar-refractivity contribution in [2.45, 2.75) is 6.92 Å². The van der Waals surface area contributed by atoms with Gasteiger partial charge < -0.3 is 14.2 Å². The van der Waals surface area contributed by atoms with Gasteiger partial charge in [0, 0.05) is 21.2 Å². The third-order valence-corrected chi connectivity index (χ3v) is 4.13. The summed E-state index contributed by atoms with van der Waals surface area (Å²) in [5.74, 6) is 0.699. The molecule has 1 amide bonds. The van der Waals surface area contributed by atoms with Gasteiger partial charge in [-0.25, -0.2) is 5.43 Å². The molecule has 1 N–H and O–H groups in total. The maximum absolute atomic E-state index is 12.4. The number of halogens is 2. The van der Waals surface area contributed by atoms with Gasteiger partial charge in [0.2, 0.25) is 5.75 Å². The van der Waals surface area contributed by atoms with Crippen LogP contribution in [0.15, 0.2) is 35.4 Å². The fraction of sp³-hybridized carbons (Fsp3) is 0.222. The number of hydrogen-bond donors (Lipinski definition) is 1. The van der Waals surface area contributed by atoms with Crippen molar-refractivity contribution in [3.05, 3.63) is 51.5 Å². The Bertz CT molecular complexity index is 828. The van der Waals surface area contributed by atoms with Gasteiger partial charge >= 0.3 is 0 Å². The second-order valence-corrected chi connectivity index (χ2v) is 6.02. The van der Waals surface area contributed by atoms with E-state index in [9.17, 15) is 4.79 Å². The summed E-state index contributed by atoms with van der Waals surface area (Å²) in [6.07, 6.45) is 0. The summed E-state index contributed by atoms with van der Waals surface area (Å²) in [6.45, 7) is 1.72. The van der Waals surface area contributed by atoms with Gasteiger partial charge in [-0.1, -0.05) is 23.2 Å². The Hall–Kier alpha value is -2.44. The molecule has 2 rings (SSSR count). The highest BCUT2D eigenvalue weighted by Gasteiger charge is 2.17. The summed E-state index contributed by atoms with van der Waals surface area (Å²) in [4.78, 5) is 12.4. The fourth-order valence-electron chi connectivity index (χ4n) is 2.25. The van der Waals surface area contributed by atoms with Crippen LogP contribution < -0.4 is 19.6 Å². The smallest absolute Gasteiger partial charge is 0.271 e. The summed E-state index contributed by atoms with van der Waals surface area (Å²) in [5, 5.41) is 5.09. The zero-order valence-electron chi connectivity index (χ0n) is 14.7. The first-order chi connectivity index (χ1) is 12.4. The molecule has 0 heterocycles. The standard InChI is InChI=1S/C18H18Cl2N2O4/c1-10(13-9-12(19)5-6-14(13)20)21-22-18(23)11-7-15(24-2)17(26-4)16(8-11)25-3/h5-9H,1-4H3,(H,22,23). The molecule has 0 atom stereocenters. The predicted molar refractivity (Wildman–Crippen MR) is 102 cm³/mol. The van der Waals surface area contributed by atoms with E-state index in [2.05, 4.69) is 10.5 Å². The lowest BCUT2D eigenvalue weighted by Crippen LogP contribution is -2.19. The highest BCUT2D eigenvalue weighted by Crippen LogP contribution is 2.38. The first-order valence-electron chi connectivity index (χ1n) is 7.51. The second kappa shape index (κ2) is 8.78. The van der Waals surface area contributed by atoms with Crippen LogP contribution in [0.1, 0.15) is 22.8 Å². The molecule has 0 spiro atoms. The molecule has 0 fully saturated rings. The quantitative estimate of drug-likeness (QED) is 0.587. The van der Waals surface area contributed by atoms with E-state index in [4.69, 9.17) is 37.4 Å².